The van der Waals surface area contributed by atoms with Crippen molar-refractivity contribution in [3.63, 3.8) is 0 Å². The SMILES string of the molecule is COC(=O)C1COCCN1C(C)(C)C. The van der Waals surface area contributed by atoms with E-state index < -0.39 is 0 Å². The van der Waals surface area contributed by atoms with Crippen LogP contribution in [0.4, 0.5) is 0 Å². The van der Waals surface area contributed by atoms with Crippen molar-refractivity contribution < 1.29 is 14.3 Å². The molecule has 1 aliphatic heterocycles. The number of hydrogen-bond donors (Lipinski definition) is 0. The maximum absolute atomic E-state index is 11.5. The molecule has 82 valence electrons. The van der Waals surface area contributed by atoms with Gasteiger partial charge in [-0.15, -0.1) is 0 Å². The fourth-order valence-electron chi connectivity index (χ4n) is 1.74. The molecule has 0 aromatic rings. The van der Waals surface area contributed by atoms with Crippen LogP contribution in [0, 0.1) is 0 Å². The molecule has 1 heterocycles. The number of methoxy groups -OCH3 is 1. The molecule has 1 fully saturated rings. The summed E-state index contributed by atoms with van der Waals surface area (Å²) in [4.78, 5) is 13.6. The van der Waals surface area contributed by atoms with Gasteiger partial charge >= 0.3 is 5.97 Å². The second kappa shape index (κ2) is 4.28. The van der Waals surface area contributed by atoms with Crippen molar-refractivity contribution in [2.75, 3.05) is 26.9 Å². The van der Waals surface area contributed by atoms with E-state index in [9.17, 15) is 4.79 Å². The van der Waals surface area contributed by atoms with Crippen molar-refractivity contribution in [3.8, 4) is 0 Å². The van der Waals surface area contributed by atoms with Crippen LogP contribution in [0.2, 0.25) is 0 Å². The summed E-state index contributed by atoms with van der Waals surface area (Å²) in [6.45, 7) is 8.18. The molecule has 1 unspecified atom stereocenters. The summed E-state index contributed by atoms with van der Waals surface area (Å²) in [5, 5.41) is 0. The molecule has 4 nitrogen and oxygen atoms in total. The highest BCUT2D eigenvalue weighted by molar-refractivity contribution is 5.76. The molecule has 0 radical (unpaired) electrons. The zero-order valence-electron chi connectivity index (χ0n) is 9.37. The lowest BCUT2D eigenvalue weighted by Crippen LogP contribution is -2.57. The Bertz CT molecular complexity index is 210. The fourth-order valence-corrected chi connectivity index (χ4v) is 1.74. The topological polar surface area (TPSA) is 38.8 Å². The Morgan fingerprint density at radius 2 is 2.14 bits per heavy atom. The number of carbonyl (C=O) groups excluding carboxylic acids is 1. The van der Waals surface area contributed by atoms with E-state index >= 15 is 0 Å². The van der Waals surface area contributed by atoms with Crippen molar-refractivity contribution in [1.82, 2.24) is 4.90 Å². The number of ether oxygens (including phenoxy) is 2. The number of rotatable bonds is 1. The number of morpholine rings is 1. The molecule has 0 aliphatic carbocycles. The van der Waals surface area contributed by atoms with E-state index in [0.29, 0.717) is 13.2 Å². The minimum atomic E-state index is -0.256. The van der Waals surface area contributed by atoms with Gasteiger partial charge in [0, 0.05) is 12.1 Å². The van der Waals surface area contributed by atoms with Crippen molar-refractivity contribution in [2.24, 2.45) is 0 Å². The monoisotopic (exact) mass is 201 g/mol. The Balaban J connectivity index is 2.74. The second-order valence-corrected chi connectivity index (χ2v) is 4.48. The highest BCUT2D eigenvalue weighted by Gasteiger charge is 2.36. The maximum atomic E-state index is 11.5. The van der Waals surface area contributed by atoms with Crippen LogP contribution in [0.1, 0.15) is 20.8 Å². The third-order valence-corrected chi connectivity index (χ3v) is 2.46. The van der Waals surface area contributed by atoms with Gasteiger partial charge < -0.3 is 9.47 Å². The Morgan fingerprint density at radius 3 is 2.64 bits per heavy atom. The molecule has 4 heteroatoms. The quantitative estimate of drug-likeness (QED) is 0.584. The van der Waals surface area contributed by atoms with E-state index in [1.807, 2.05) is 0 Å². The summed E-state index contributed by atoms with van der Waals surface area (Å²) in [6.07, 6.45) is 0. The van der Waals surface area contributed by atoms with Crippen LogP contribution in [0.25, 0.3) is 0 Å². The Morgan fingerprint density at radius 1 is 1.50 bits per heavy atom. The van der Waals surface area contributed by atoms with Gasteiger partial charge in [-0.1, -0.05) is 0 Å². The zero-order valence-corrected chi connectivity index (χ0v) is 9.37. The van der Waals surface area contributed by atoms with E-state index in [0.717, 1.165) is 6.54 Å². The van der Waals surface area contributed by atoms with Crippen molar-refractivity contribution in [2.45, 2.75) is 32.4 Å². The number of carbonyl (C=O) groups is 1. The summed E-state index contributed by atoms with van der Waals surface area (Å²) >= 11 is 0. The first kappa shape index (κ1) is 11.5. The van der Waals surface area contributed by atoms with Crippen molar-refractivity contribution >= 4 is 5.97 Å². The fraction of sp³-hybridized carbons (Fsp3) is 0.900. The first-order valence-corrected chi connectivity index (χ1v) is 4.89. The highest BCUT2D eigenvalue weighted by Crippen LogP contribution is 2.20. The molecule has 0 N–H and O–H groups in total. The van der Waals surface area contributed by atoms with Crippen LogP contribution in [0.3, 0.4) is 0 Å². The van der Waals surface area contributed by atoms with Gasteiger partial charge in [-0.2, -0.15) is 0 Å². The molecule has 0 aromatic carbocycles. The normalized spacial score (nSPS) is 24.7. The summed E-state index contributed by atoms with van der Waals surface area (Å²) in [7, 11) is 1.41. The van der Waals surface area contributed by atoms with Crippen molar-refractivity contribution in [1.29, 1.82) is 0 Å². The van der Waals surface area contributed by atoms with Gasteiger partial charge in [0.15, 0.2) is 0 Å². The molecule has 0 saturated carbocycles. The first-order chi connectivity index (χ1) is 6.46. The van der Waals surface area contributed by atoms with E-state index in [-0.39, 0.29) is 17.6 Å². The Labute approximate surface area is 85.2 Å². The molecule has 14 heavy (non-hydrogen) atoms. The number of nitrogens with zero attached hydrogens (tertiary/aromatic N) is 1. The first-order valence-electron chi connectivity index (χ1n) is 4.89. The van der Waals surface area contributed by atoms with E-state index in [2.05, 4.69) is 25.7 Å². The molecule has 1 atom stereocenters. The molecular formula is C10H19NO3. The standard InChI is InChI=1S/C10H19NO3/c1-10(2,3)11-5-6-14-7-8(11)9(12)13-4/h8H,5-7H2,1-4H3. The average molecular weight is 201 g/mol. The zero-order chi connectivity index (χ0) is 10.8. The van der Waals surface area contributed by atoms with Gasteiger partial charge in [-0.3, -0.25) is 9.69 Å². The van der Waals surface area contributed by atoms with Crippen molar-refractivity contribution in [3.05, 3.63) is 0 Å². The predicted molar refractivity (Wildman–Crippen MR) is 53.1 cm³/mol. The molecule has 1 aliphatic rings. The van der Waals surface area contributed by atoms with E-state index in [1.165, 1.54) is 7.11 Å². The van der Waals surface area contributed by atoms with Gasteiger partial charge in [0.05, 0.1) is 20.3 Å². The lowest BCUT2D eigenvalue weighted by Gasteiger charge is -2.42. The van der Waals surface area contributed by atoms with E-state index in [1.54, 1.807) is 0 Å². The lowest BCUT2D eigenvalue weighted by atomic mass is 10.0. The molecule has 1 rings (SSSR count). The molecule has 0 spiro atoms. The summed E-state index contributed by atoms with van der Waals surface area (Å²) in [6, 6.07) is -0.256. The third kappa shape index (κ3) is 2.45. The minimum Gasteiger partial charge on any atom is -0.468 e. The van der Waals surface area contributed by atoms with Gasteiger partial charge in [0.25, 0.3) is 0 Å². The molecule has 0 aromatic heterocycles. The van der Waals surface area contributed by atoms with E-state index in [4.69, 9.17) is 9.47 Å². The van der Waals surface area contributed by atoms with Gasteiger partial charge in [0.2, 0.25) is 0 Å². The summed E-state index contributed by atoms with van der Waals surface area (Å²) in [5.74, 6) is -0.209. The van der Waals surface area contributed by atoms with Crippen LogP contribution in [0.15, 0.2) is 0 Å². The molecule has 0 amide bonds. The van der Waals surface area contributed by atoms with Gasteiger partial charge in [-0.25, -0.2) is 0 Å². The molecule has 1 saturated heterocycles. The number of hydrogen-bond acceptors (Lipinski definition) is 4. The molecular weight excluding hydrogens is 182 g/mol. The largest absolute Gasteiger partial charge is 0.468 e. The van der Waals surface area contributed by atoms with Crippen LogP contribution >= 0.6 is 0 Å². The van der Waals surface area contributed by atoms with Crippen LogP contribution < -0.4 is 0 Å². The number of esters is 1. The third-order valence-electron chi connectivity index (χ3n) is 2.46. The molecule has 0 bridgehead atoms. The predicted octanol–water partition coefficient (Wildman–Crippen LogP) is 0.659. The van der Waals surface area contributed by atoms with Gasteiger partial charge in [-0.05, 0) is 20.8 Å². The van der Waals surface area contributed by atoms with Gasteiger partial charge in [0.1, 0.15) is 6.04 Å². The second-order valence-electron chi connectivity index (χ2n) is 4.48. The average Bonchev–Trinajstić information content (AvgIpc) is 2.15. The van der Waals surface area contributed by atoms with Crippen LogP contribution in [0.5, 0.6) is 0 Å². The minimum absolute atomic E-state index is 0.0252. The van der Waals surface area contributed by atoms with Crippen LogP contribution in [-0.2, 0) is 14.3 Å². The maximum Gasteiger partial charge on any atom is 0.325 e. The smallest absolute Gasteiger partial charge is 0.325 e. The Kier molecular flexibility index (Phi) is 3.50. The van der Waals surface area contributed by atoms with Crippen LogP contribution in [-0.4, -0.2) is 49.3 Å². The summed E-state index contributed by atoms with van der Waals surface area (Å²) in [5.41, 5.74) is -0.0252. The Hall–Kier alpha value is -0.610. The highest BCUT2D eigenvalue weighted by atomic mass is 16.5. The summed E-state index contributed by atoms with van der Waals surface area (Å²) < 4.78 is 10.0. The lowest BCUT2D eigenvalue weighted by molar-refractivity contribution is -0.157.